The molecule has 152 valence electrons. The molecule has 0 radical (unpaired) electrons. The summed E-state index contributed by atoms with van der Waals surface area (Å²) >= 11 is 6.26. The lowest BCUT2D eigenvalue weighted by atomic mass is 10.1. The maximum absolute atomic E-state index is 6.26. The van der Waals surface area contributed by atoms with Gasteiger partial charge in [0.15, 0.2) is 11.5 Å². The molecule has 29 heavy (non-hydrogen) atoms. The lowest BCUT2D eigenvalue weighted by molar-refractivity contribution is 0.280. The standard InChI is InChI=1S/C24H26ClNO3/c1-27-22-12-6-4-8-18(22)14-15-26-16-19-10-7-13-23(28-2)24(19)29-17-20-9-3-5-11-21(20)25/h3-13,26H,14-17H2,1-2H3. The first-order chi connectivity index (χ1) is 14.2. The van der Waals surface area contributed by atoms with E-state index in [1.807, 2.05) is 60.7 Å². The molecule has 0 spiro atoms. The number of hydrogen-bond donors (Lipinski definition) is 1. The Balaban J connectivity index is 1.63. The van der Waals surface area contributed by atoms with Crippen molar-refractivity contribution in [1.82, 2.24) is 5.32 Å². The van der Waals surface area contributed by atoms with E-state index in [2.05, 4.69) is 11.4 Å². The minimum absolute atomic E-state index is 0.383. The smallest absolute Gasteiger partial charge is 0.166 e. The molecule has 0 heterocycles. The number of benzene rings is 3. The van der Waals surface area contributed by atoms with Gasteiger partial charge in [-0.15, -0.1) is 0 Å². The summed E-state index contributed by atoms with van der Waals surface area (Å²) in [5, 5.41) is 4.18. The molecular weight excluding hydrogens is 386 g/mol. The second-order valence-electron chi connectivity index (χ2n) is 6.57. The van der Waals surface area contributed by atoms with E-state index in [9.17, 15) is 0 Å². The molecule has 0 amide bonds. The molecular formula is C24H26ClNO3. The first kappa shape index (κ1) is 21.0. The summed E-state index contributed by atoms with van der Waals surface area (Å²) in [4.78, 5) is 0. The van der Waals surface area contributed by atoms with E-state index in [4.69, 9.17) is 25.8 Å². The highest BCUT2D eigenvalue weighted by atomic mass is 35.5. The molecule has 0 saturated heterocycles. The highest BCUT2D eigenvalue weighted by Crippen LogP contribution is 2.32. The van der Waals surface area contributed by atoms with Gasteiger partial charge in [0.25, 0.3) is 0 Å². The second kappa shape index (κ2) is 10.7. The van der Waals surface area contributed by atoms with Gasteiger partial charge in [0.1, 0.15) is 12.4 Å². The van der Waals surface area contributed by atoms with E-state index >= 15 is 0 Å². The van der Waals surface area contributed by atoms with Crippen molar-refractivity contribution in [3.63, 3.8) is 0 Å². The summed E-state index contributed by atoms with van der Waals surface area (Å²) in [7, 11) is 3.35. The molecule has 0 bridgehead atoms. The van der Waals surface area contributed by atoms with Crippen molar-refractivity contribution in [2.45, 2.75) is 19.6 Å². The Morgan fingerprint density at radius 1 is 0.759 bits per heavy atom. The molecule has 0 aromatic heterocycles. The van der Waals surface area contributed by atoms with Crippen molar-refractivity contribution in [3.8, 4) is 17.2 Å². The monoisotopic (exact) mass is 411 g/mol. The normalized spacial score (nSPS) is 10.6. The van der Waals surface area contributed by atoms with Gasteiger partial charge < -0.3 is 19.5 Å². The zero-order chi connectivity index (χ0) is 20.5. The topological polar surface area (TPSA) is 39.7 Å². The Labute approximate surface area is 177 Å². The van der Waals surface area contributed by atoms with Crippen molar-refractivity contribution in [1.29, 1.82) is 0 Å². The molecule has 3 rings (SSSR count). The third-order valence-corrected chi connectivity index (χ3v) is 5.06. The average molecular weight is 412 g/mol. The maximum atomic E-state index is 6.26. The lowest BCUT2D eigenvalue weighted by Gasteiger charge is -2.16. The Bertz CT molecular complexity index is 930. The van der Waals surface area contributed by atoms with Gasteiger partial charge >= 0.3 is 0 Å². The Kier molecular flexibility index (Phi) is 7.79. The third-order valence-electron chi connectivity index (χ3n) is 4.69. The summed E-state index contributed by atoms with van der Waals surface area (Å²) in [6, 6.07) is 21.7. The second-order valence-corrected chi connectivity index (χ2v) is 6.97. The van der Waals surface area contributed by atoms with Crippen molar-refractivity contribution in [3.05, 3.63) is 88.4 Å². The molecule has 0 fully saturated rings. The minimum atomic E-state index is 0.383. The van der Waals surface area contributed by atoms with Crippen LogP contribution in [0, 0.1) is 0 Å². The zero-order valence-corrected chi connectivity index (χ0v) is 17.5. The number of nitrogens with one attached hydrogen (secondary N) is 1. The van der Waals surface area contributed by atoms with Crippen LogP contribution in [0.1, 0.15) is 16.7 Å². The lowest BCUT2D eigenvalue weighted by Crippen LogP contribution is -2.17. The molecule has 4 nitrogen and oxygen atoms in total. The van der Waals surface area contributed by atoms with Crippen LogP contribution in [0.2, 0.25) is 5.02 Å². The SMILES string of the molecule is COc1ccccc1CCNCc1cccc(OC)c1OCc1ccccc1Cl. The first-order valence-corrected chi connectivity index (χ1v) is 9.95. The quantitative estimate of drug-likeness (QED) is 0.461. The van der Waals surface area contributed by atoms with E-state index in [1.165, 1.54) is 5.56 Å². The summed E-state index contributed by atoms with van der Waals surface area (Å²) in [6.45, 7) is 1.88. The van der Waals surface area contributed by atoms with E-state index < -0.39 is 0 Å². The van der Waals surface area contributed by atoms with Crippen LogP contribution in [0.25, 0.3) is 0 Å². The molecule has 0 atom stereocenters. The number of rotatable bonds is 10. The Morgan fingerprint density at radius 3 is 2.17 bits per heavy atom. The minimum Gasteiger partial charge on any atom is -0.496 e. The molecule has 3 aromatic carbocycles. The van der Waals surface area contributed by atoms with Gasteiger partial charge in [-0.25, -0.2) is 0 Å². The van der Waals surface area contributed by atoms with Gasteiger partial charge in [-0.05, 0) is 36.7 Å². The molecule has 0 unspecified atom stereocenters. The van der Waals surface area contributed by atoms with Crippen molar-refractivity contribution in [2.75, 3.05) is 20.8 Å². The van der Waals surface area contributed by atoms with Crippen LogP contribution in [-0.2, 0) is 19.6 Å². The number of methoxy groups -OCH3 is 2. The van der Waals surface area contributed by atoms with Crippen LogP contribution in [0.3, 0.4) is 0 Å². The largest absolute Gasteiger partial charge is 0.496 e. The molecule has 5 heteroatoms. The van der Waals surface area contributed by atoms with Gasteiger partial charge in [0.2, 0.25) is 0 Å². The van der Waals surface area contributed by atoms with Crippen molar-refractivity contribution in [2.24, 2.45) is 0 Å². The van der Waals surface area contributed by atoms with Crippen molar-refractivity contribution >= 4 is 11.6 Å². The van der Waals surface area contributed by atoms with E-state index in [1.54, 1.807) is 14.2 Å². The van der Waals surface area contributed by atoms with Crippen molar-refractivity contribution < 1.29 is 14.2 Å². The van der Waals surface area contributed by atoms with E-state index in [0.717, 1.165) is 35.6 Å². The van der Waals surface area contributed by atoms with Gasteiger partial charge in [-0.3, -0.25) is 0 Å². The average Bonchev–Trinajstić information content (AvgIpc) is 2.76. The fraction of sp³-hybridized carbons (Fsp3) is 0.250. The molecule has 0 aliphatic heterocycles. The molecule has 0 aliphatic rings. The molecule has 1 N–H and O–H groups in total. The highest BCUT2D eigenvalue weighted by Gasteiger charge is 2.12. The van der Waals surface area contributed by atoms with Crippen LogP contribution < -0.4 is 19.5 Å². The van der Waals surface area contributed by atoms with Crippen LogP contribution >= 0.6 is 11.6 Å². The van der Waals surface area contributed by atoms with Crippen LogP contribution in [0.5, 0.6) is 17.2 Å². The fourth-order valence-corrected chi connectivity index (χ4v) is 3.34. The summed E-state index contributed by atoms with van der Waals surface area (Å²) < 4.78 is 17.0. The van der Waals surface area contributed by atoms with Gasteiger partial charge in [-0.2, -0.15) is 0 Å². The zero-order valence-electron chi connectivity index (χ0n) is 16.8. The summed E-state index contributed by atoms with van der Waals surface area (Å²) in [6.07, 6.45) is 0.879. The van der Waals surface area contributed by atoms with Gasteiger partial charge in [0.05, 0.1) is 14.2 Å². The Morgan fingerprint density at radius 2 is 1.41 bits per heavy atom. The van der Waals surface area contributed by atoms with Gasteiger partial charge in [-0.1, -0.05) is 60.1 Å². The first-order valence-electron chi connectivity index (χ1n) is 9.57. The maximum Gasteiger partial charge on any atom is 0.166 e. The molecule has 0 aliphatic carbocycles. The van der Waals surface area contributed by atoms with Gasteiger partial charge in [0, 0.05) is 22.7 Å². The fourth-order valence-electron chi connectivity index (χ4n) is 3.15. The van der Waals surface area contributed by atoms with Crippen LogP contribution in [0.15, 0.2) is 66.7 Å². The van der Waals surface area contributed by atoms with Crippen LogP contribution in [-0.4, -0.2) is 20.8 Å². The number of halogens is 1. The number of ether oxygens (including phenoxy) is 3. The summed E-state index contributed by atoms with van der Waals surface area (Å²) in [5.41, 5.74) is 3.16. The third kappa shape index (κ3) is 5.66. The molecule has 3 aromatic rings. The highest BCUT2D eigenvalue weighted by molar-refractivity contribution is 6.31. The predicted molar refractivity (Wildman–Crippen MR) is 117 cm³/mol. The Hall–Kier alpha value is -2.69. The van der Waals surface area contributed by atoms with Crippen LogP contribution in [0.4, 0.5) is 0 Å². The van der Waals surface area contributed by atoms with E-state index in [0.29, 0.717) is 23.9 Å². The predicted octanol–water partition coefficient (Wildman–Crippen LogP) is 5.27. The number of para-hydroxylation sites is 2. The molecule has 0 saturated carbocycles. The number of hydrogen-bond acceptors (Lipinski definition) is 4. The van der Waals surface area contributed by atoms with E-state index in [-0.39, 0.29) is 0 Å². The summed E-state index contributed by atoms with van der Waals surface area (Å²) in [5.74, 6) is 2.36.